The average Bonchev–Trinajstić information content (AvgIpc) is 3.67. The maximum Gasteiger partial charge on any atom is 0.338 e. The van der Waals surface area contributed by atoms with Crippen LogP contribution in [0.15, 0.2) is 61.2 Å². The smallest absolute Gasteiger partial charge is 0.338 e. The third-order valence-electron chi connectivity index (χ3n) is 7.08. The van der Waals surface area contributed by atoms with Gasteiger partial charge in [0.15, 0.2) is 16.7 Å². The molecule has 5 rings (SSSR count). The van der Waals surface area contributed by atoms with E-state index in [2.05, 4.69) is 31.2 Å². The van der Waals surface area contributed by atoms with Crippen molar-refractivity contribution in [3.05, 3.63) is 79.8 Å². The van der Waals surface area contributed by atoms with Crippen LogP contribution in [0.5, 0.6) is 0 Å². The number of halogens is 2. The Kier molecular flexibility index (Phi) is 8.75. The summed E-state index contributed by atoms with van der Waals surface area (Å²) < 4.78 is 30.8. The summed E-state index contributed by atoms with van der Waals surface area (Å²) in [6, 6.07) is 3.91. The lowest BCUT2D eigenvalue weighted by atomic mass is 9.78. The fourth-order valence-corrected chi connectivity index (χ4v) is 6.28. The number of thiazole rings is 1. The molecule has 1 aliphatic heterocycles. The monoisotopic (exact) mass is 630 g/mol. The molecule has 1 unspecified atom stereocenters. The van der Waals surface area contributed by atoms with Gasteiger partial charge in [0.1, 0.15) is 18.1 Å². The van der Waals surface area contributed by atoms with Crippen molar-refractivity contribution in [2.24, 2.45) is 10.9 Å². The zero-order valence-corrected chi connectivity index (χ0v) is 24.4. The van der Waals surface area contributed by atoms with Gasteiger partial charge in [-0.25, -0.2) is 19.2 Å². The molecule has 2 aliphatic rings. The first-order valence-corrected chi connectivity index (χ1v) is 14.7. The fourth-order valence-electron chi connectivity index (χ4n) is 5.21. The number of rotatable bonds is 8. The number of carbonyl (C=O) groups is 2. The lowest BCUT2D eigenvalue weighted by Gasteiger charge is -2.34. The number of methoxy groups -OCH3 is 1. The third kappa shape index (κ3) is 5.87. The van der Waals surface area contributed by atoms with Crippen molar-refractivity contribution in [3.8, 4) is 0 Å². The van der Waals surface area contributed by atoms with E-state index in [0.717, 1.165) is 25.7 Å². The van der Waals surface area contributed by atoms with Crippen LogP contribution in [0.4, 0.5) is 4.39 Å². The Labute approximate surface area is 243 Å². The van der Waals surface area contributed by atoms with Crippen LogP contribution in [0.2, 0.25) is 0 Å². The first kappa shape index (κ1) is 28.2. The summed E-state index contributed by atoms with van der Waals surface area (Å²) in [6.45, 7) is 2.08. The Morgan fingerprint density at radius 3 is 2.70 bits per heavy atom. The van der Waals surface area contributed by atoms with Gasteiger partial charge in [0, 0.05) is 23.2 Å². The van der Waals surface area contributed by atoms with E-state index in [0.29, 0.717) is 45.9 Å². The third-order valence-corrected chi connectivity index (χ3v) is 8.69. The van der Waals surface area contributed by atoms with Crippen molar-refractivity contribution in [2.45, 2.75) is 51.0 Å². The van der Waals surface area contributed by atoms with Crippen molar-refractivity contribution < 1.29 is 27.9 Å². The van der Waals surface area contributed by atoms with Crippen LogP contribution < -0.4 is 5.32 Å². The highest BCUT2D eigenvalue weighted by Gasteiger charge is 2.38. The fraction of sp³-hybridized carbons (Fsp3) is 0.393. The SMILES string of the molecule is CCOC(=O)Cc1coc(C2CCC(C3=C(C(=O)OC)C(c4cccc(F)c4Br)N=C(c4nccs4)N3)CC2)n1. The number of benzene rings is 1. The standard InChI is InChI=1S/C28H28BrFN4O5S/c1-3-38-20(35)13-17-14-39-26(32-17)16-9-7-15(8-10-16)23-21(28(36)37-2)24(18-5-4-6-19(30)22(18)29)34-25(33-23)27-31-11-12-40-27/h4-6,11-12,14-16,24H,3,7-10,13H2,1-2H3,(H,33,34). The van der Waals surface area contributed by atoms with Crippen LogP contribution in [0.1, 0.15) is 66.7 Å². The van der Waals surface area contributed by atoms with E-state index >= 15 is 0 Å². The maximum atomic E-state index is 14.6. The summed E-state index contributed by atoms with van der Waals surface area (Å²) in [6.07, 6.45) is 6.28. The summed E-state index contributed by atoms with van der Waals surface area (Å²) in [5, 5.41) is 5.91. The van der Waals surface area contributed by atoms with E-state index in [1.807, 2.05) is 5.38 Å². The Morgan fingerprint density at radius 2 is 2.00 bits per heavy atom. The molecule has 0 spiro atoms. The van der Waals surface area contributed by atoms with Crippen molar-refractivity contribution >= 4 is 45.0 Å². The highest BCUT2D eigenvalue weighted by molar-refractivity contribution is 9.10. The van der Waals surface area contributed by atoms with Crippen LogP contribution in [0.3, 0.4) is 0 Å². The molecule has 1 atom stereocenters. The van der Waals surface area contributed by atoms with Gasteiger partial charge in [-0.3, -0.25) is 9.79 Å². The maximum absolute atomic E-state index is 14.6. The molecule has 12 heteroatoms. The summed E-state index contributed by atoms with van der Waals surface area (Å²) >= 11 is 4.78. The number of hydrogen-bond donors (Lipinski definition) is 1. The van der Waals surface area contributed by atoms with Gasteiger partial charge in [-0.05, 0) is 66.1 Å². The van der Waals surface area contributed by atoms with Crippen LogP contribution in [0, 0.1) is 11.7 Å². The molecule has 3 heterocycles. The zero-order chi connectivity index (χ0) is 28.2. The van der Waals surface area contributed by atoms with Gasteiger partial charge >= 0.3 is 11.9 Å². The topological polar surface area (TPSA) is 116 Å². The van der Waals surface area contributed by atoms with E-state index in [1.54, 1.807) is 25.3 Å². The number of hydrogen-bond acceptors (Lipinski definition) is 10. The number of amidine groups is 1. The molecule has 1 aromatic carbocycles. The van der Waals surface area contributed by atoms with Crippen LogP contribution in [-0.2, 0) is 25.5 Å². The van der Waals surface area contributed by atoms with Gasteiger partial charge < -0.3 is 19.2 Å². The molecule has 0 saturated heterocycles. The minimum atomic E-state index is -0.789. The van der Waals surface area contributed by atoms with E-state index < -0.39 is 17.8 Å². The highest BCUT2D eigenvalue weighted by Crippen LogP contribution is 2.43. The molecule has 1 aliphatic carbocycles. The molecular weight excluding hydrogens is 603 g/mol. The summed E-state index contributed by atoms with van der Waals surface area (Å²) in [5.41, 5.74) is 2.14. The Balaban J connectivity index is 1.44. The molecule has 0 bridgehead atoms. The zero-order valence-electron chi connectivity index (χ0n) is 22.0. The summed E-state index contributed by atoms with van der Waals surface area (Å²) in [7, 11) is 1.33. The number of oxazole rings is 1. The van der Waals surface area contributed by atoms with Crippen LogP contribution in [0.25, 0.3) is 0 Å². The van der Waals surface area contributed by atoms with Gasteiger partial charge in [-0.1, -0.05) is 12.1 Å². The van der Waals surface area contributed by atoms with Gasteiger partial charge in [0.2, 0.25) is 0 Å². The predicted octanol–water partition coefficient (Wildman–Crippen LogP) is 5.63. The number of carbonyl (C=O) groups excluding carboxylic acids is 2. The number of esters is 2. The van der Waals surface area contributed by atoms with E-state index in [-0.39, 0.29) is 28.7 Å². The number of ether oxygens (including phenoxy) is 2. The van der Waals surface area contributed by atoms with E-state index in [4.69, 9.17) is 18.9 Å². The van der Waals surface area contributed by atoms with Crippen molar-refractivity contribution in [1.29, 1.82) is 0 Å². The number of aromatic nitrogens is 2. The Hall–Kier alpha value is -3.38. The first-order chi connectivity index (χ1) is 19.4. The van der Waals surface area contributed by atoms with Gasteiger partial charge in [0.25, 0.3) is 0 Å². The summed E-state index contributed by atoms with van der Waals surface area (Å²) in [5.74, 6) is -0.113. The van der Waals surface area contributed by atoms with E-state index in [9.17, 15) is 14.0 Å². The van der Waals surface area contributed by atoms with Crippen molar-refractivity contribution in [2.75, 3.05) is 13.7 Å². The molecule has 40 heavy (non-hydrogen) atoms. The van der Waals surface area contributed by atoms with Gasteiger partial charge in [0.05, 0.1) is 35.9 Å². The molecule has 1 fully saturated rings. The van der Waals surface area contributed by atoms with Crippen molar-refractivity contribution in [3.63, 3.8) is 0 Å². The molecular formula is C28H28BrFN4O5S. The lowest BCUT2D eigenvalue weighted by molar-refractivity contribution is -0.142. The number of nitrogens with zero attached hydrogens (tertiary/aromatic N) is 3. The second kappa shape index (κ2) is 12.4. The number of nitrogens with one attached hydrogen (secondary N) is 1. The van der Waals surface area contributed by atoms with Crippen LogP contribution in [-0.4, -0.2) is 41.5 Å². The molecule has 1 N–H and O–H groups in total. The number of allylic oxidation sites excluding steroid dienone is 1. The quantitative estimate of drug-likeness (QED) is 0.318. The molecule has 0 radical (unpaired) electrons. The largest absolute Gasteiger partial charge is 0.466 e. The average molecular weight is 632 g/mol. The molecule has 1 saturated carbocycles. The predicted molar refractivity (Wildman–Crippen MR) is 149 cm³/mol. The normalized spacial score (nSPS) is 21.0. The summed E-state index contributed by atoms with van der Waals surface area (Å²) in [4.78, 5) is 38.8. The highest BCUT2D eigenvalue weighted by atomic mass is 79.9. The second-order valence-electron chi connectivity index (χ2n) is 9.51. The minimum absolute atomic E-state index is 0.0142. The molecule has 9 nitrogen and oxygen atoms in total. The number of aliphatic imine (C=N–C) groups is 1. The second-order valence-corrected chi connectivity index (χ2v) is 11.2. The Bertz CT molecular complexity index is 1450. The van der Waals surface area contributed by atoms with E-state index in [1.165, 1.54) is 30.8 Å². The molecule has 0 amide bonds. The lowest BCUT2D eigenvalue weighted by Crippen LogP contribution is -2.37. The molecule has 3 aromatic rings. The molecule has 210 valence electrons. The Morgan fingerprint density at radius 1 is 1.23 bits per heavy atom. The minimum Gasteiger partial charge on any atom is -0.466 e. The van der Waals surface area contributed by atoms with Gasteiger partial charge in [-0.2, -0.15) is 0 Å². The first-order valence-electron chi connectivity index (χ1n) is 13.0. The molecule has 2 aromatic heterocycles. The van der Waals surface area contributed by atoms with Crippen LogP contribution >= 0.6 is 27.3 Å². The van der Waals surface area contributed by atoms with Crippen molar-refractivity contribution in [1.82, 2.24) is 15.3 Å². The van der Waals surface area contributed by atoms with Gasteiger partial charge in [-0.15, -0.1) is 11.3 Å².